The first kappa shape index (κ1) is 14.5. The van der Waals surface area contributed by atoms with Gasteiger partial charge in [-0.25, -0.2) is 0 Å². The summed E-state index contributed by atoms with van der Waals surface area (Å²) < 4.78 is 15.9. The van der Waals surface area contributed by atoms with Crippen molar-refractivity contribution < 1.29 is 24.0 Å². The maximum atomic E-state index is 11.2. The molecule has 1 heterocycles. The summed E-state index contributed by atoms with van der Waals surface area (Å²) in [6.45, 7) is 2.22. The Hall–Kier alpha value is -2.47. The van der Waals surface area contributed by atoms with Crippen LogP contribution in [0.3, 0.4) is 0 Å². The highest BCUT2D eigenvalue weighted by molar-refractivity contribution is 6.48. The van der Waals surface area contributed by atoms with E-state index in [1.165, 1.54) is 6.07 Å². The molecule has 6 heteroatoms. The first-order valence-electron chi connectivity index (χ1n) is 6.95. The largest absolute Gasteiger partial charge is 0.504 e. The number of carbonyl (C=O) groups excluding carboxylic acids is 1. The molecule has 0 saturated carbocycles. The smallest absolute Gasteiger partial charge is 0.330 e. The molecule has 0 aromatic heterocycles. The number of fused-ring (bicyclic) bond motifs is 1. The lowest BCUT2D eigenvalue weighted by Crippen LogP contribution is -2.10. The Morgan fingerprint density at radius 3 is 2.86 bits per heavy atom. The monoisotopic (exact) mass is 297 g/mol. The van der Waals surface area contributed by atoms with E-state index in [4.69, 9.17) is 14.1 Å². The lowest BCUT2D eigenvalue weighted by atomic mass is 9.87. The normalized spacial score (nSPS) is 12.4. The Morgan fingerprint density at radius 2 is 2.09 bits per heavy atom. The number of ether oxygens (including phenoxy) is 2. The van der Waals surface area contributed by atoms with E-state index in [1.807, 2.05) is 12.1 Å². The summed E-state index contributed by atoms with van der Waals surface area (Å²) in [5.74, 6) is 0.728. The number of carbonyl (C=O) groups is 1. The van der Waals surface area contributed by atoms with Gasteiger partial charge in [-0.15, -0.1) is 0 Å². The number of esters is 1. The van der Waals surface area contributed by atoms with Gasteiger partial charge in [0.25, 0.3) is 0 Å². The molecule has 2 aromatic carbocycles. The van der Waals surface area contributed by atoms with Crippen LogP contribution in [0.4, 0.5) is 0 Å². The Kier molecular flexibility index (Phi) is 4.02. The average Bonchev–Trinajstić information content (AvgIpc) is 2.97. The van der Waals surface area contributed by atoms with Gasteiger partial charge in [0.2, 0.25) is 0 Å². The van der Waals surface area contributed by atoms with E-state index in [-0.39, 0.29) is 23.9 Å². The van der Waals surface area contributed by atoms with E-state index in [2.05, 4.69) is 0 Å². The molecular formula is C16H14BO5. The molecule has 0 amide bonds. The van der Waals surface area contributed by atoms with Gasteiger partial charge in [0.1, 0.15) is 11.5 Å². The van der Waals surface area contributed by atoms with Crippen molar-refractivity contribution in [1.82, 2.24) is 0 Å². The third-order valence-corrected chi connectivity index (χ3v) is 3.24. The molecular weight excluding hydrogens is 283 g/mol. The lowest BCUT2D eigenvalue weighted by Gasteiger charge is -2.10. The van der Waals surface area contributed by atoms with Gasteiger partial charge in [-0.3, -0.25) is 4.79 Å². The molecule has 22 heavy (non-hydrogen) atoms. The minimum absolute atomic E-state index is 0.0929. The van der Waals surface area contributed by atoms with Crippen LogP contribution < -0.4 is 14.9 Å². The van der Waals surface area contributed by atoms with Crippen molar-refractivity contribution in [3.63, 3.8) is 0 Å². The number of aromatic hydroxyl groups is 1. The zero-order valence-electron chi connectivity index (χ0n) is 12.0. The predicted molar refractivity (Wildman–Crippen MR) is 80.7 cm³/mol. The van der Waals surface area contributed by atoms with Gasteiger partial charge in [0.15, 0.2) is 11.5 Å². The minimum Gasteiger partial charge on any atom is -0.504 e. The van der Waals surface area contributed by atoms with E-state index in [1.54, 1.807) is 32.6 Å². The SMILES string of the molecule is CCC(=O)Oc1ccc(Oc2ccc3c(c2)CO[B]3)c(O)c1. The van der Waals surface area contributed by atoms with Crippen molar-refractivity contribution in [2.45, 2.75) is 20.0 Å². The van der Waals surface area contributed by atoms with Crippen LogP contribution in [0.25, 0.3) is 0 Å². The highest BCUT2D eigenvalue weighted by Gasteiger charge is 2.15. The molecule has 1 aliphatic heterocycles. The van der Waals surface area contributed by atoms with Gasteiger partial charge < -0.3 is 19.2 Å². The van der Waals surface area contributed by atoms with Crippen LogP contribution in [0.15, 0.2) is 36.4 Å². The molecule has 0 aliphatic carbocycles. The molecule has 2 aromatic rings. The lowest BCUT2D eigenvalue weighted by molar-refractivity contribution is -0.134. The van der Waals surface area contributed by atoms with Crippen molar-refractivity contribution in [1.29, 1.82) is 0 Å². The van der Waals surface area contributed by atoms with Crippen molar-refractivity contribution in [2.24, 2.45) is 0 Å². The molecule has 5 nitrogen and oxygen atoms in total. The van der Waals surface area contributed by atoms with Crippen molar-refractivity contribution >= 4 is 18.9 Å². The van der Waals surface area contributed by atoms with Gasteiger partial charge in [-0.2, -0.15) is 0 Å². The summed E-state index contributed by atoms with van der Waals surface area (Å²) in [6, 6.07) is 10.0. The number of phenols is 1. The fourth-order valence-corrected chi connectivity index (χ4v) is 2.08. The number of hydrogen-bond acceptors (Lipinski definition) is 5. The molecule has 1 N–H and O–H groups in total. The molecule has 3 rings (SSSR count). The molecule has 1 aliphatic rings. The molecule has 1 radical (unpaired) electrons. The topological polar surface area (TPSA) is 65.0 Å². The van der Waals surface area contributed by atoms with E-state index < -0.39 is 0 Å². The Balaban J connectivity index is 1.76. The first-order chi connectivity index (χ1) is 10.7. The summed E-state index contributed by atoms with van der Waals surface area (Å²) in [6.07, 6.45) is 0.271. The van der Waals surface area contributed by atoms with Gasteiger partial charge in [-0.05, 0) is 35.3 Å². The fourth-order valence-electron chi connectivity index (χ4n) is 2.08. The van der Waals surface area contributed by atoms with Crippen LogP contribution in [0.5, 0.6) is 23.0 Å². The number of benzene rings is 2. The van der Waals surface area contributed by atoms with Gasteiger partial charge in [0, 0.05) is 12.5 Å². The first-order valence-corrected chi connectivity index (χ1v) is 6.95. The average molecular weight is 297 g/mol. The molecule has 0 spiro atoms. The van der Waals surface area contributed by atoms with Crippen LogP contribution in [0.2, 0.25) is 0 Å². The third-order valence-electron chi connectivity index (χ3n) is 3.24. The molecule has 0 bridgehead atoms. The number of phenolic OH excluding ortho intramolecular Hbond substituents is 1. The summed E-state index contributed by atoms with van der Waals surface area (Å²) in [5, 5.41) is 9.98. The fraction of sp³-hybridized carbons (Fsp3) is 0.188. The second-order valence-electron chi connectivity index (χ2n) is 4.85. The standard InChI is InChI=1S/C16H14BO5/c1-2-16(19)22-12-4-6-15(14(18)8-12)21-11-3-5-13-10(7-11)9-20-17-13/h3-8,18H,2,9H2,1H3. The van der Waals surface area contributed by atoms with E-state index in [9.17, 15) is 9.90 Å². The van der Waals surface area contributed by atoms with Crippen molar-refractivity contribution in [2.75, 3.05) is 0 Å². The van der Waals surface area contributed by atoms with Crippen LogP contribution in [-0.4, -0.2) is 18.6 Å². The maximum absolute atomic E-state index is 11.2. The van der Waals surface area contributed by atoms with Crippen LogP contribution in [0.1, 0.15) is 18.9 Å². The maximum Gasteiger partial charge on any atom is 0.330 e. The van der Waals surface area contributed by atoms with E-state index in [0.717, 1.165) is 11.0 Å². The van der Waals surface area contributed by atoms with Gasteiger partial charge in [-0.1, -0.05) is 13.0 Å². The zero-order valence-corrected chi connectivity index (χ0v) is 12.0. The van der Waals surface area contributed by atoms with E-state index >= 15 is 0 Å². The second kappa shape index (κ2) is 6.11. The van der Waals surface area contributed by atoms with Crippen LogP contribution in [-0.2, 0) is 16.1 Å². The Morgan fingerprint density at radius 1 is 1.27 bits per heavy atom. The minimum atomic E-state index is -0.358. The molecule has 0 unspecified atom stereocenters. The van der Waals surface area contributed by atoms with Crippen LogP contribution >= 0.6 is 0 Å². The zero-order chi connectivity index (χ0) is 15.5. The summed E-state index contributed by atoms with van der Waals surface area (Å²) in [7, 11) is 1.70. The third kappa shape index (κ3) is 3.07. The van der Waals surface area contributed by atoms with Crippen LogP contribution in [0, 0.1) is 0 Å². The van der Waals surface area contributed by atoms with Crippen molar-refractivity contribution in [3.8, 4) is 23.0 Å². The summed E-state index contributed by atoms with van der Waals surface area (Å²) in [5.41, 5.74) is 2.06. The van der Waals surface area contributed by atoms with Gasteiger partial charge in [0.05, 0.1) is 6.61 Å². The molecule has 0 fully saturated rings. The number of hydrogen-bond donors (Lipinski definition) is 1. The van der Waals surface area contributed by atoms with Crippen molar-refractivity contribution in [3.05, 3.63) is 42.0 Å². The summed E-state index contributed by atoms with van der Waals surface area (Å²) in [4.78, 5) is 11.2. The highest BCUT2D eigenvalue weighted by atomic mass is 16.5. The second-order valence-corrected chi connectivity index (χ2v) is 4.85. The van der Waals surface area contributed by atoms with Gasteiger partial charge >= 0.3 is 13.5 Å². The molecule has 111 valence electrons. The Labute approximate surface area is 128 Å². The Bertz CT molecular complexity index is 714. The quantitative estimate of drug-likeness (QED) is 0.533. The number of rotatable bonds is 4. The molecule has 0 atom stereocenters. The van der Waals surface area contributed by atoms with E-state index in [0.29, 0.717) is 18.1 Å². The predicted octanol–water partition coefficient (Wildman–Crippen LogP) is 2.27. The molecule has 0 saturated heterocycles. The highest BCUT2D eigenvalue weighted by Crippen LogP contribution is 2.34. The summed E-state index contributed by atoms with van der Waals surface area (Å²) >= 11 is 0.